The lowest BCUT2D eigenvalue weighted by Crippen LogP contribution is -2.29. The first-order valence-electron chi connectivity index (χ1n) is 12.6. The third-order valence-electron chi connectivity index (χ3n) is 6.63. The fraction of sp³-hybridized carbons (Fsp3) is 0.241. The third kappa shape index (κ3) is 6.52. The maximum atomic E-state index is 13.8. The number of nitrogens with one attached hydrogen (secondary N) is 2. The number of hydrogen-bond acceptors (Lipinski definition) is 6. The van der Waals surface area contributed by atoms with E-state index in [1.807, 2.05) is 18.7 Å². The van der Waals surface area contributed by atoms with Crippen LogP contribution in [0.3, 0.4) is 0 Å². The van der Waals surface area contributed by atoms with E-state index in [0.29, 0.717) is 40.3 Å². The number of carboxylic acid groups (broad SMARTS) is 1. The van der Waals surface area contributed by atoms with E-state index in [-0.39, 0.29) is 22.6 Å². The van der Waals surface area contributed by atoms with E-state index in [0.717, 1.165) is 13.1 Å². The molecule has 0 atom stereocenters. The van der Waals surface area contributed by atoms with Gasteiger partial charge in [-0.2, -0.15) is 0 Å². The number of hydrogen-bond donors (Lipinski definition) is 3. The van der Waals surface area contributed by atoms with Crippen molar-refractivity contribution in [2.75, 3.05) is 36.0 Å². The zero-order chi connectivity index (χ0) is 28.2. The van der Waals surface area contributed by atoms with Crippen LogP contribution in [0.15, 0.2) is 71.6 Å². The van der Waals surface area contributed by atoms with Crippen LogP contribution < -0.4 is 10.6 Å². The van der Waals surface area contributed by atoms with Gasteiger partial charge in [-0.15, -0.1) is 0 Å². The number of fused-ring (bicyclic) bond motifs is 1. The van der Waals surface area contributed by atoms with Gasteiger partial charge in [0.1, 0.15) is 5.82 Å². The summed E-state index contributed by atoms with van der Waals surface area (Å²) in [6, 6.07) is 17.1. The minimum Gasteiger partial charge on any atom is -0.481 e. The summed E-state index contributed by atoms with van der Waals surface area (Å²) in [5, 5.41) is 15.0. The van der Waals surface area contributed by atoms with Crippen molar-refractivity contribution < 1.29 is 27.5 Å². The lowest BCUT2D eigenvalue weighted by atomic mass is 9.98. The van der Waals surface area contributed by atoms with Crippen molar-refractivity contribution in [3.05, 3.63) is 89.2 Å². The first kappa shape index (κ1) is 28.0. The Bertz CT molecular complexity index is 1510. The van der Waals surface area contributed by atoms with Gasteiger partial charge >= 0.3 is 5.97 Å². The average Bonchev–Trinajstić information content (AvgIpc) is 3.22. The van der Waals surface area contributed by atoms with Gasteiger partial charge in [0.05, 0.1) is 34.0 Å². The topological polar surface area (TPSA) is 116 Å². The Labute approximate surface area is 227 Å². The number of sulfone groups is 1. The summed E-state index contributed by atoms with van der Waals surface area (Å²) in [5.74, 6) is -1.87. The van der Waals surface area contributed by atoms with Crippen molar-refractivity contribution >= 4 is 44.4 Å². The first-order chi connectivity index (χ1) is 18.6. The van der Waals surface area contributed by atoms with Gasteiger partial charge in [-0.3, -0.25) is 9.59 Å². The van der Waals surface area contributed by atoms with Crippen molar-refractivity contribution in [1.82, 2.24) is 4.90 Å². The minimum absolute atomic E-state index is 0.00691. The number of anilines is 2. The monoisotopic (exact) mass is 551 g/mol. The van der Waals surface area contributed by atoms with Crippen molar-refractivity contribution in [2.24, 2.45) is 0 Å². The fourth-order valence-corrected chi connectivity index (χ4v) is 5.72. The lowest BCUT2D eigenvalue weighted by molar-refractivity contribution is -0.136. The summed E-state index contributed by atoms with van der Waals surface area (Å²) in [6.45, 7) is 5.96. The van der Waals surface area contributed by atoms with Gasteiger partial charge in [0, 0.05) is 17.8 Å². The Morgan fingerprint density at radius 1 is 1.00 bits per heavy atom. The number of aliphatic carboxylic acids is 1. The van der Waals surface area contributed by atoms with Crippen LogP contribution in [0.5, 0.6) is 0 Å². The quantitative estimate of drug-likeness (QED) is 0.301. The second kappa shape index (κ2) is 11.8. The zero-order valence-electron chi connectivity index (χ0n) is 21.7. The van der Waals surface area contributed by atoms with Crippen molar-refractivity contribution in [1.29, 1.82) is 0 Å². The molecule has 1 heterocycles. The molecule has 0 unspecified atom stereocenters. The Morgan fingerprint density at radius 2 is 1.67 bits per heavy atom. The Balaban J connectivity index is 1.69. The Hall–Kier alpha value is -4.02. The standard InChI is InChI=1S/C29H30FN3O5S/c1-3-33(4-2)15-16-39(37,38)23-12-10-22(11-13-23)31-28(20-7-5-19(6-8-20)17-26(34)35)27-24-14-9-21(30)18-25(24)32-29(27)36/h5-14,18,31H,3-4,15-17H2,1-2H3,(H,32,36)(H,34,35). The lowest BCUT2D eigenvalue weighted by Gasteiger charge is -2.18. The van der Waals surface area contributed by atoms with Gasteiger partial charge < -0.3 is 20.6 Å². The number of benzene rings is 3. The second-order valence-corrected chi connectivity index (χ2v) is 11.3. The van der Waals surface area contributed by atoms with E-state index in [2.05, 4.69) is 10.6 Å². The summed E-state index contributed by atoms with van der Waals surface area (Å²) >= 11 is 0. The van der Waals surface area contributed by atoms with Crippen LogP contribution in [0.2, 0.25) is 0 Å². The van der Waals surface area contributed by atoms with Gasteiger partial charge in [0.15, 0.2) is 9.84 Å². The van der Waals surface area contributed by atoms with Gasteiger partial charge in [-0.25, -0.2) is 12.8 Å². The van der Waals surface area contributed by atoms with Crippen LogP contribution in [0.1, 0.15) is 30.5 Å². The summed E-state index contributed by atoms with van der Waals surface area (Å²) in [4.78, 5) is 26.4. The highest BCUT2D eigenvalue weighted by atomic mass is 32.2. The molecular formula is C29H30FN3O5S. The smallest absolute Gasteiger partial charge is 0.307 e. The van der Waals surface area contributed by atoms with Gasteiger partial charge in [0.25, 0.3) is 5.91 Å². The minimum atomic E-state index is -3.49. The number of rotatable bonds is 11. The number of carbonyl (C=O) groups excluding carboxylic acids is 1. The number of halogens is 1. The summed E-state index contributed by atoms with van der Waals surface area (Å²) in [6.07, 6.45) is -0.146. The number of carbonyl (C=O) groups is 2. The predicted molar refractivity (Wildman–Crippen MR) is 150 cm³/mol. The molecule has 0 fully saturated rings. The largest absolute Gasteiger partial charge is 0.481 e. The molecule has 10 heteroatoms. The molecule has 3 N–H and O–H groups in total. The van der Waals surface area contributed by atoms with Crippen molar-refractivity contribution in [2.45, 2.75) is 25.2 Å². The van der Waals surface area contributed by atoms with Crippen LogP contribution in [-0.2, 0) is 25.8 Å². The molecule has 0 aliphatic carbocycles. The summed E-state index contributed by atoms with van der Waals surface area (Å²) in [5.41, 5.74) is 3.28. The van der Waals surface area contributed by atoms with Crippen LogP contribution >= 0.6 is 0 Å². The highest BCUT2D eigenvalue weighted by molar-refractivity contribution is 7.91. The summed E-state index contributed by atoms with van der Waals surface area (Å²) in [7, 11) is -3.49. The van der Waals surface area contributed by atoms with E-state index < -0.39 is 27.5 Å². The zero-order valence-corrected chi connectivity index (χ0v) is 22.5. The molecule has 3 aromatic carbocycles. The second-order valence-electron chi connectivity index (χ2n) is 9.16. The Morgan fingerprint density at radius 3 is 2.28 bits per heavy atom. The van der Waals surface area contributed by atoms with E-state index in [1.165, 1.54) is 30.3 Å². The molecule has 0 radical (unpaired) electrons. The molecule has 8 nitrogen and oxygen atoms in total. The fourth-order valence-electron chi connectivity index (χ4n) is 4.43. The maximum absolute atomic E-state index is 13.8. The van der Waals surface area contributed by atoms with Crippen molar-refractivity contribution in [3.8, 4) is 0 Å². The molecule has 0 aromatic heterocycles. The number of carboxylic acids is 1. The third-order valence-corrected chi connectivity index (χ3v) is 8.34. The first-order valence-corrected chi connectivity index (χ1v) is 14.3. The highest BCUT2D eigenvalue weighted by Crippen LogP contribution is 2.38. The van der Waals surface area contributed by atoms with Crippen molar-refractivity contribution in [3.63, 3.8) is 0 Å². The molecule has 0 saturated heterocycles. The number of amides is 1. The van der Waals surface area contributed by atoms with Crippen LogP contribution in [0.4, 0.5) is 15.8 Å². The summed E-state index contributed by atoms with van der Waals surface area (Å²) < 4.78 is 39.6. The highest BCUT2D eigenvalue weighted by Gasteiger charge is 2.29. The van der Waals surface area contributed by atoms with Gasteiger partial charge in [0.2, 0.25) is 0 Å². The molecule has 0 bridgehead atoms. The number of nitrogens with zero attached hydrogens (tertiary/aromatic N) is 1. The maximum Gasteiger partial charge on any atom is 0.307 e. The molecule has 0 saturated carbocycles. The molecular weight excluding hydrogens is 521 g/mol. The molecule has 4 rings (SSSR count). The predicted octanol–water partition coefficient (Wildman–Crippen LogP) is 4.50. The van der Waals surface area contributed by atoms with Crippen LogP contribution in [-0.4, -0.2) is 55.7 Å². The van der Waals surface area contributed by atoms with Gasteiger partial charge in [-0.05, 0) is 66.7 Å². The van der Waals surface area contributed by atoms with E-state index >= 15 is 0 Å². The van der Waals surface area contributed by atoms with E-state index in [9.17, 15) is 22.4 Å². The molecule has 3 aromatic rings. The van der Waals surface area contributed by atoms with E-state index in [1.54, 1.807) is 36.4 Å². The molecule has 0 spiro atoms. The molecule has 1 amide bonds. The SMILES string of the molecule is CCN(CC)CCS(=O)(=O)c1ccc(NC(=C2C(=O)Nc3cc(F)ccc32)c2ccc(CC(=O)O)cc2)cc1. The Kier molecular flexibility index (Phi) is 8.47. The molecule has 1 aliphatic rings. The normalized spacial score (nSPS) is 14.2. The molecule has 204 valence electrons. The van der Waals surface area contributed by atoms with Crippen LogP contribution in [0, 0.1) is 5.82 Å². The average molecular weight is 552 g/mol. The van der Waals surface area contributed by atoms with E-state index in [4.69, 9.17) is 5.11 Å². The molecule has 39 heavy (non-hydrogen) atoms. The van der Waals surface area contributed by atoms with Gasteiger partial charge in [-0.1, -0.05) is 38.1 Å². The molecule has 1 aliphatic heterocycles. The van der Waals surface area contributed by atoms with Crippen LogP contribution in [0.25, 0.3) is 11.3 Å².